The normalized spacial score (nSPS) is 18.0. The predicted octanol–water partition coefficient (Wildman–Crippen LogP) is 5.64. The smallest absolute Gasteiger partial charge is 0.143 e. The second-order valence-electron chi connectivity index (χ2n) is 10.1. The number of benzene rings is 3. The van der Waals surface area contributed by atoms with Crippen LogP contribution < -0.4 is 15.0 Å². The molecule has 4 heteroatoms. The van der Waals surface area contributed by atoms with Gasteiger partial charge in [-0.25, -0.2) is 0 Å². The molecule has 3 aromatic carbocycles. The van der Waals surface area contributed by atoms with E-state index in [0.29, 0.717) is 6.61 Å². The number of rotatable bonds is 7. The van der Waals surface area contributed by atoms with Gasteiger partial charge in [0, 0.05) is 25.2 Å². The first-order chi connectivity index (χ1) is 15.8. The number of aliphatic hydroxyl groups is 1. The van der Waals surface area contributed by atoms with Crippen molar-refractivity contribution in [3.05, 3.63) is 95.1 Å². The average Bonchev–Trinajstić information content (AvgIpc) is 2.79. The number of nitrogens with zero attached hydrogens (tertiary/aromatic N) is 1. The van der Waals surface area contributed by atoms with E-state index in [1.165, 1.54) is 11.1 Å². The van der Waals surface area contributed by atoms with Gasteiger partial charge in [0.1, 0.15) is 12.4 Å². The molecule has 1 aliphatic carbocycles. The summed E-state index contributed by atoms with van der Waals surface area (Å²) in [5, 5.41) is 14.9. The summed E-state index contributed by atoms with van der Waals surface area (Å²) in [5.41, 5.74) is 5.62. The minimum atomic E-state index is -0.542. The number of fused-ring (bicyclic) bond motifs is 1. The van der Waals surface area contributed by atoms with Crippen molar-refractivity contribution in [1.29, 1.82) is 0 Å². The first kappa shape index (κ1) is 23.3. The van der Waals surface area contributed by atoms with Gasteiger partial charge in [0.2, 0.25) is 0 Å². The largest absolute Gasteiger partial charge is 0.487 e. The fourth-order valence-corrected chi connectivity index (χ4v) is 4.76. The lowest BCUT2D eigenvalue weighted by molar-refractivity contribution is 0.1000. The second-order valence-corrected chi connectivity index (χ2v) is 10.1. The van der Waals surface area contributed by atoms with Crippen molar-refractivity contribution in [3.63, 3.8) is 0 Å². The van der Waals surface area contributed by atoms with Crippen LogP contribution in [0.25, 0.3) is 0 Å². The Bertz CT molecular complexity index is 1040. The Labute approximate surface area is 198 Å². The lowest BCUT2D eigenvalue weighted by Crippen LogP contribution is -2.48. The third-order valence-corrected chi connectivity index (χ3v) is 6.19. The summed E-state index contributed by atoms with van der Waals surface area (Å²) in [6.07, 6.45) is 1.25. The summed E-state index contributed by atoms with van der Waals surface area (Å²) in [7, 11) is 2.11. The van der Waals surface area contributed by atoms with Gasteiger partial charge in [0.25, 0.3) is 0 Å². The van der Waals surface area contributed by atoms with Crippen LogP contribution in [0.1, 0.15) is 55.5 Å². The fourth-order valence-electron chi connectivity index (χ4n) is 4.76. The standard InChI is InChI=1S/C29H36N2O2/c1-29(2,3)30-25-17-15-23-24(28(25)32)16-18-26(33-20-22-13-9-6-10-14-22)27(23)31(4)19-21-11-7-5-8-12-21/h5-14,16,18,25,28,30,32H,15,17,19-20H2,1-4H3. The quantitative estimate of drug-likeness (QED) is 0.495. The number of aliphatic hydroxyl groups excluding tert-OH is 1. The van der Waals surface area contributed by atoms with Crippen molar-refractivity contribution in [1.82, 2.24) is 5.32 Å². The van der Waals surface area contributed by atoms with E-state index in [2.05, 4.69) is 80.5 Å². The zero-order chi connectivity index (χ0) is 23.4. The van der Waals surface area contributed by atoms with Gasteiger partial charge < -0.3 is 20.1 Å². The van der Waals surface area contributed by atoms with Crippen LogP contribution in [0.15, 0.2) is 72.8 Å². The van der Waals surface area contributed by atoms with E-state index in [1.807, 2.05) is 30.3 Å². The molecule has 0 aromatic heterocycles. The number of anilines is 1. The minimum absolute atomic E-state index is 0.0425. The Kier molecular flexibility index (Phi) is 7.06. The van der Waals surface area contributed by atoms with Crippen LogP contribution in [0.3, 0.4) is 0 Å². The maximum absolute atomic E-state index is 11.3. The number of ether oxygens (including phenoxy) is 1. The zero-order valence-electron chi connectivity index (χ0n) is 20.2. The number of hydrogen-bond donors (Lipinski definition) is 2. The molecule has 2 atom stereocenters. The molecule has 4 rings (SSSR count). The number of nitrogens with one attached hydrogen (secondary N) is 1. The molecule has 0 spiro atoms. The van der Waals surface area contributed by atoms with Gasteiger partial charge in [0.15, 0.2) is 0 Å². The molecular weight excluding hydrogens is 408 g/mol. The molecular formula is C29H36N2O2. The molecule has 174 valence electrons. The minimum Gasteiger partial charge on any atom is -0.487 e. The summed E-state index contributed by atoms with van der Waals surface area (Å²) >= 11 is 0. The Morgan fingerprint density at radius 1 is 0.939 bits per heavy atom. The number of hydrogen-bond acceptors (Lipinski definition) is 4. The summed E-state index contributed by atoms with van der Waals surface area (Å²) < 4.78 is 6.35. The van der Waals surface area contributed by atoms with Gasteiger partial charge in [-0.05, 0) is 61.9 Å². The molecule has 0 amide bonds. The Balaban J connectivity index is 1.67. The lowest BCUT2D eigenvalue weighted by atomic mass is 9.83. The van der Waals surface area contributed by atoms with E-state index in [1.54, 1.807) is 0 Å². The molecule has 2 N–H and O–H groups in total. The molecule has 0 bridgehead atoms. The SMILES string of the molecule is CN(Cc1ccccc1)c1c(OCc2ccccc2)ccc2c1CCC(NC(C)(C)C)C2O. The van der Waals surface area contributed by atoms with Crippen molar-refractivity contribution < 1.29 is 9.84 Å². The maximum atomic E-state index is 11.3. The van der Waals surface area contributed by atoms with Crippen LogP contribution in [0.2, 0.25) is 0 Å². The summed E-state index contributed by atoms with van der Waals surface area (Å²) in [6, 6.07) is 24.9. The van der Waals surface area contributed by atoms with E-state index in [-0.39, 0.29) is 11.6 Å². The van der Waals surface area contributed by atoms with E-state index in [9.17, 15) is 5.11 Å². The molecule has 0 saturated carbocycles. The lowest BCUT2D eigenvalue weighted by Gasteiger charge is -2.38. The van der Waals surface area contributed by atoms with Crippen LogP contribution in [-0.4, -0.2) is 23.7 Å². The third kappa shape index (κ3) is 5.76. The first-order valence-corrected chi connectivity index (χ1v) is 11.8. The van der Waals surface area contributed by atoms with Gasteiger partial charge in [0.05, 0.1) is 11.8 Å². The van der Waals surface area contributed by atoms with Crippen molar-refractivity contribution in [3.8, 4) is 5.75 Å². The monoisotopic (exact) mass is 444 g/mol. The fraction of sp³-hybridized carbons (Fsp3) is 0.379. The van der Waals surface area contributed by atoms with Gasteiger partial charge in [-0.2, -0.15) is 0 Å². The van der Waals surface area contributed by atoms with Crippen molar-refractivity contribution in [2.45, 2.75) is 64.4 Å². The Morgan fingerprint density at radius 3 is 2.21 bits per heavy atom. The van der Waals surface area contributed by atoms with E-state index < -0.39 is 6.10 Å². The van der Waals surface area contributed by atoms with E-state index in [0.717, 1.165) is 42.0 Å². The van der Waals surface area contributed by atoms with E-state index >= 15 is 0 Å². The molecule has 1 aliphatic rings. The van der Waals surface area contributed by atoms with E-state index in [4.69, 9.17) is 4.74 Å². The summed E-state index contributed by atoms with van der Waals surface area (Å²) in [4.78, 5) is 2.26. The Morgan fingerprint density at radius 2 is 1.58 bits per heavy atom. The van der Waals surface area contributed by atoms with Crippen LogP contribution in [0.5, 0.6) is 5.75 Å². The van der Waals surface area contributed by atoms with Gasteiger partial charge in [-0.15, -0.1) is 0 Å². The molecule has 0 radical (unpaired) electrons. The van der Waals surface area contributed by atoms with Crippen LogP contribution in [0, 0.1) is 0 Å². The first-order valence-electron chi connectivity index (χ1n) is 11.8. The Hall–Kier alpha value is -2.82. The van der Waals surface area contributed by atoms with Crippen LogP contribution >= 0.6 is 0 Å². The van der Waals surface area contributed by atoms with Crippen molar-refractivity contribution >= 4 is 5.69 Å². The molecule has 0 saturated heterocycles. The van der Waals surface area contributed by atoms with Crippen LogP contribution in [0.4, 0.5) is 5.69 Å². The highest BCUT2D eigenvalue weighted by atomic mass is 16.5. The van der Waals surface area contributed by atoms with Crippen molar-refractivity contribution in [2.75, 3.05) is 11.9 Å². The molecule has 0 heterocycles. The summed E-state index contributed by atoms with van der Waals surface area (Å²) in [6.45, 7) is 7.74. The maximum Gasteiger partial charge on any atom is 0.143 e. The highest BCUT2D eigenvalue weighted by molar-refractivity contribution is 5.67. The van der Waals surface area contributed by atoms with Gasteiger partial charge in [-0.3, -0.25) is 0 Å². The van der Waals surface area contributed by atoms with Gasteiger partial charge in [-0.1, -0.05) is 66.7 Å². The molecule has 3 aromatic rings. The highest BCUT2D eigenvalue weighted by Crippen LogP contribution is 2.42. The zero-order valence-corrected chi connectivity index (χ0v) is 20.2. The average molecular weight is 445 g/mol. The third-order valence-electron chi connectivity index (χ3n) is 6.19. The molecule has 0 fully saturated rings. The molecule has 33 heavy (non-hydrogen) atoms. The van der Waals surface area contributed by atoms with Crippen LogP contribution in [-0.2, 0) is 19.6 Å². The topological polar surface area (TPSA) is 44.7 Å². The second kappa shape index (κ2) is 9.98. The summed E-state index contributed by atoms with van der Waals surface area (Å²) in [5.74, 6) is 0.866. The molecule has 2 unspecified atom stereocenters. The molecule has 0 aliphatic heterocycles. The van der Waals surface area contributed by atoms with Gasteiger partial charge >= 0.3 is 0 Å². The van der Waals surface area contributed by atoms with Crippen molar-refractivity contribution in [2.24, 2.45) is 0 Å². The predicted molar refractivity (Wildman–Crippen MR) is 136 cm³/mol. The molecule has 4 nitrogen and oxygen atoms in total. The highest BCUT2D eigenvalue weighted by Gasteiger charge is 2.33.